The van der Waals surface area contributed by atoms with Crippen LogP contribution >= 0.6 is 0 Å². The molecule has 0 aromatic heterocycles. The number of hydrogen-bond acceptors (Lipinski definition) is 5. The van der Waals surface area contributed by atoms with Crippen molar-refractivity contribution in [2.75, 3.05) is 32.8 Å². The number of Topliss-reactive ketones (excluding diaryl/α,β-unsaturated/α-hetero) is 1. The maximum Gasteiger partial charge on any atom is 0.307 e. The highest BCUT2D eigenvalue weighted by Crippen LogP contribution is 2.45. The van der Waals surface area contributed by atoms with Crippen LogP contribution in [-0.4, -0.2) is 55.0 Å². The minimum atomic E-state index is -0.177. The summed E-state index contributed by atoms with van der Waals surface area (Å²) in [5, 5.41) is 3.92. The van der Waals surface area contributed by atoms with E-state index < -0.39 is 0 Å². The van der Waals surface area contributed by atoms with Gasteiger partial charge in [0, 0.05) is 24.0 Å². The lowest BCUT2D eigenvalue weighted by Gasteiger charge is -2.39. The quantitative estimate of drug-likeness (QED) is 0.176. The third kappa shape index (κ3) is 11.8. The zero-order valence-electron chi connectivity index (χ0n) is 25.7. The summed E-state index contributed by atoms with van der Waals surface area (Å²) in [7, 11) is 0. The van der Waals surface area contributed by atoms with E-state index in [0.717, 1.165) is 38.8 Å². The molecule has 0 amide bonds. The summed E-state index contributed by atoms with van der Waals surface area (Å²) in [6.07, 6.45) is 29.9. The number of carbonyl (C=O) groups is 2. The Morgan fingerprint density at radius 1 is 0.795 bits per heavy atom. The van der Waals surface area contributed by atoms with E-state index in [-0.39, 0.29) is 16.9 Å². The van der Waals surface area contributed by atoms with E-state index in [1.165, 1.54) is 122 Å². The normalized spacial score (nSPS) is 25.0. The summed E-state index contributed by atoms with van der Waals surface area (Å²) in [4.78, 5) is 28.0. The molecule has 3 aliphatic rings. The van der Waals surface area contributed by atoms with Gasteiger partial charge in [0.25, 0.3) is 0 Å². The number of ether oxygens (including phenoxy) is 1. The zero-order chi connectivity index (χ0) is 27.7. The van der Waals surface area contributed by atoms with Crippen LogP contribution in [0.5, 0.6) is 0 Å². The van der Waals surface area contributed by atoms with Crippen molar-refractivity contribution in [1.82, 2.24) is 10.2 Å². The lowest BCUT2D eigenvalue weighted by molar-refractivity contribution is -0.145. The Balaban J connectivity index is 1.28. The number of nitrogens with zero attached hydrogens (tertiary/aromatic N) is 1. The minimum absolute atomic E-state index is 0.103. The highest BCUT2D eigenvalue weighted by atomic mass is 16.5. The van der Waals surface area contributed by atoms with Crippen LogP contribution < -0.4 is 5.32 Å². The van der Waals surface area contributed by atoms with E-state index in [1.807, 2.05) is 0 Å². The first-order valence-electron chi connectivity index (χ1n) is 17.2. The van der Waals surface area contributed by atoms with E-state index >= 15 is 0 Å². The molecule has 2 aliphatic heterocycles. The van der Waals surface area contributed by atoms with Gasteiger partial charge in [0.1, 0.15) is 0 Å². The van der Waals surface area contributed by atoms with Crippen LogP contribution in [0.25, 0.3) is 0 Å². The predicted molar refractivity (Wildman–Crippen MR) is 162 cm³/mol. The molecule has 1 saturated carbocycles. The smallest absolute Gasteiger partial charge is 0.307 e. The molecule has 39 heavy (non-hydrogen) atoms. The summed E-state index contributed by atoms with van der Waals surface area (Å²) in [6.45, 7) is 5.75. The van der Waals surface area contributed by atoms with Crippen LogP contribution in [0.2, 0.25) is 0 Å². The summed E-state index contributed by atoms with van der Waals surface area (Å²) >= 11 is 0. The van der Waals surface area contributed by atoms with E-state index in [1.54, 1.807) is 0 Å². The molecule has 5 nitrogen and oxygen atoms in total. The Morgan fingerprint density at radius 2 is 1.36 bits per heavy atom. The highest BCUT2D eigenvalue weighted by Gasteiger charge is 2.52. The Hall–Kier alpha value is -0.940. The van der Waals surface area contributed by atoms with Crippen LogP contribution in [0, 0.1) is 5.41 Å². The second kappa shape index (κ2) is 18.5. The van der Waals surface area contributed by atoms with E-state index in [0.29, 0.717) is 31.9 Å². The fraction of sp³-hybridized carbons (Fsp3) is 0.941. The number of rotatable bonds is 14. The fourth-order valence-electron chi connectivity index (χ4n) is 7.40. The van der Waals surface area contributed by atoms with Gasteiger partial charge in [0.05, 0.1) is 19.6 Å². The van der Waals surface area contributed by atoms with E-state index in [4.69, 9.17) is 4.74 Å². The van der Waals surface area contributed by atoms with Gasteiger partial charge in [0.2, 0.25) is 0 Å². The molecule has 0 radical (unpaired) electrons. The van der Waals surface area contributed by atoms with Gasteiger partial charge in [0.15, 0.2) is 5.78 Å². The number of hydrogen-bond donors (Lipinski definition) is 1. The summed E-state index contributed by atoms with van der Waals surface area (Å²) < 4.78 is 5.50. The second-order valence-electron chi connectivity index (χ2n) is 13.4. The lowest BCUT2D eigenvalue weighted by Crippen LogP contribution is -2.49. The minimum Gasteiger partial charge on any atom is -0.466 e. The maximum absolute atomic E-state index is 13.5. The molecule has 1 unspecified atom stereocenters. The molecule has 2 heterocycles. The molecule has 2 spiro atoms. The molecule has 5 heteroatoms. The van der Waals surface area contributed by atoms with Crippen LogP contribution in [0.4, 0.5) is 0 Å². The first-order chi connectivity index (χ1) is 19.1. The average molecular weight is 547 g/mol. The number of ketones is 1. The number of unbranched alkanes of at least 4 members (excludes halogenated alkanes) is 9. The maximum atomic E-state index is 13.5. The summed E-state index contributed by atoms with van der Waals surface area (Å²) in [5.41, 5.74) is -0.000942. The van der Waals surface area contributed by atoms with Crippen molar-refractivity contribution in [2.45, 2.75) is 167 Å². The van der Waals surface area contributed by atoms with Crippen LogP contribution in [0.1, 0.15) is 161 Å². The van der Waals surface area contributed by atoms with Gasteiger partial charge >= 0.3 is 5.97 Å². The van der Waals surface area contributed by atoms with Crippen molar-refractivity contribution in [2.24, 2.45) is 5.41 Å². The van der Waals surface area contributed by atoms with Gasteiger partial charge in [-0.3, -0.25) is 14.5 Å². The van der Waals surface area contributed by atoms with E-state index in [2.05, 4.69) is 17.1 Å². The van der Waals surface area contributed by atoms with Gasteiger partial charge in [-0.05, 0) is 38.6 Å². The molecule has 1 aliphatic carbocycles. The third-order valence-corrected chi connectivity index (χ3v) is 10.0. The Morgan fingerprint density at radius 3 is 1.95 bits per heavy atom. The summed E-state index contributed by atoms with van der Waals surface area (Å²) in [5.74, 6) is 0.302. The van der Waals surface area contributed by atoms with Crippen LogP contribution in [0.3, 0.4) is 0 Å². The molecule has 0 aromatic rings. The molecule has 0 bridgehead atoms. The van der Waals surface area contributed by atoms with Crippen molar-refractivity contribution in [3.63, 3.8) is 0 Å². The molecule has 0 aromatic carbocycles. The topological polar surface area (TPSA) is 58.6 Å². The Labute approximate surface area is 241 Å². The zero-order valence-corrected chi connectivity index (χ0v) is 25.7. The lowest BCUT2D eigenvalue weighted by atomic mass is 9.70. The standard InChI is InChI=1S/C34H62N2O3/c1-2-3-4-5-6-7-11-14-17-20-27-39-32(38)21-25-36-26-24-33(31(37)28-36)29-34(35-30-33)22-18-15-12-9-8-10-13-16-19-23-34/h35H,2-30H2,1H3. The van der Waals surface area contributed by atoms with Crippen LogP contribution in [-0.2, 0) is 14.3 Å². The molecule has 226 valence electrons. The van der Waals surface area contributed by atoms with Crippen molar-refractivity contribution in [3.05, 3.63) is 0 Å². The molecule has 1 N–H and O–H groups in total. The Kier molecular flexibility index (Phi) is 15.4. The summed E-state index contributed by atoms with van der Waals surface area (Å²) in [6, 6.07) is 0. The van der Waals surface area contributed by atoms with Crippen molar-refractivity contribution in [1.29, 1.82) is 0 Å². The number of esters is 1. The first kappa shape index (κ1) is 32.6. The Bertz CT molecular complexity index is 684. The molecule has 3 fully saturated rings. The van der Waals surface area contributed by atoms with Gasteiger partial charge in [-0.1, -0.05) is 122 Å². The first-order valence-corrected chi connectivity index (χ1v) is 17.2. The second-order valence-corrected chi connectivity index (χ2v) is 13.4. The molecule has 2 saturated heterocycles. The van der Waals surface area contributed by atoms with Gasteiger partial charge in [-0.25, -0.2) is 0 Å². The largest absolute Gasteiger partial charge is 0.466 e. The fourth-order valence-corrected chi connectivity index (χ4v) is 7.40. The van der Waals surface area contributed by atoms with Gasteiger partial charge in [-0.15, -0.1) is 0 Å². The van der Waals surface area contributed by atoms with E-state index in [9.17, 15) is 9.59 Å². The third-order valence-electron chi connectivity index (χ3n) is 10.0. The number of likely N-dealkylation sites (tertiary alicyclic amines) is 1. The molecular weight excluding hydrogens is 484 g/mol. The number of piperidine rings is 1. The highest BCUT2D eigenvalue weighted by molar-refractivity contribution is 5.88. The van der Waals surface area contributed by atoms with Crippen molar-refractivity contribution < 1.29 is 14.3 Å². The molecule has 1 atom stereocenters. The average Bonchev–Trinajstić information content (AvgIpc) is 3.30. The molecular formula is C34H62N2O3. The predicted octanol–water partition coefficient (Wildman–Crippen LogP) is 8.14. The monoisotopic (exact) mass is 546 g/mol. The van der Waals surface area contributed by atoms with Gasteiger partial charge < -0.3 is 10.1 Å². The SMILES string of the molecule is CCCCCCCCCCCCOC(=O)CCN1CCC2(CNC3(CCCCCCCCCCC3)C2)C(=O)C1. The van der Waals surface area contributed by atoms with Gasteiger partial charge in [-0.2, -0.15) is 0 Å². The molecule has 3 rings (SSSR count). The van der Waals surface area contributed by atoms with Crippen LogP contribution in [0.15, 0.2) is 0 Å². The number of nitrogens with one attached hydrogen (secondary N) is 1. The van der Waals surface area contributed by atoms with Crippen molar-refractivity contribution in [3.8, 4) is 0 Å². The van der Waals surface area contributed by atoms with Crippen molar-refractivity contribution >= 4 is 11.8 Å². The number of carbonyl (C=O) groups excluding carboxylic acids is 2.